The molecule has 1 aromatic rings. The number of carbonyl (C=O) groups is 1. The van der Waals surface area contributed by atoms with Gasteiger partial charge >= 0.3 is 0 Å². The lowest BCUT2D eigenvalue weighted by molar-refractivity contribution is 0.0949. The minimum absolute atomic E-state index is 0.0643. The smallest absolute Gasteiger partial charge is 0.251 e. The van der Waals surface area contributed by atoms with Crippen LogP contribution in [0.1, 0.15) is 29.8 Å². The molecule has 0 heterocycles. The third-order valence-electron chi connectivity index (χ3n) is 2.10. The van der Waals surface area contributed by atoms with Gasteiger partial charge in [0, 0.05) is 17.1 Å². The van der Waals surface area contributed by atoms with E-state index < -0.39 is 0 Å². The topological polar surface area (TPSA) is 29.1 Å². The number of benzene rings is 1. The van der Waals surface area contributed by atoms with Crippen molar-refractivity contribution in [1.82, 2.24) is 5.32 Å². The summed E-state index contributed by atoms with van der Waals surface area (Å²) < 4.78 is 0. The summed E-state index contributed by atoms with van der Waals surface area (Å²) in [6.45, 7) is 6.72. The van der Waals surface area contributed by atoms with E-state index in [1.54, 1.807) is 12.1 Å². The third kappa shape index (κ3) is 3.56. The SMILES string of the molecule is Cc1ccc(C(=O)NCC(C)C)cc1Cl. The molecule has 0 aliphatic carbocycles. The molecule has 2 nitrogen and oxygen atoms in total. The van der Waals surface area contributed by atoms with Crippen molar-refractivity contribution in [2.24, 2.45) is 5.92 Å². The second kappa shape index (κ2) is 5.17. The number of aryl methyl sites for hydroxylation is 1. The maximum atomic E-state index is 11.6. The lowest BCUT2D eigenvalue weighted by atomic mass is 10.1. The molecule has 0 saturated carbocycles. The van der Waals surface area contributed by atoms with Crippen molar-refractivity contribution in [2.75, 3.05) is 6.54 Å². The van der Waals surface area contributed by atoms with Crippen LogP contribution >= 0.6 is 11.6 Å². The van der Waals surface area contributed by atoms with E-state index in [1.165, 1.54) is 0 Å². The molecule has 1 rings (SSSR count). The van der Waals surface area contributed by atoms with Crippen molar-refractivity contribution in [3.63, 3.8) is 0 Å². The van der Waals surface area contributed by atoms with E-state index in [0.717, 1.165) is 5.56 Å². The molecular weight excluding hydrogens is 210 g/mol. The van der Waals surface area contributed by atoms with Crippen molar-refractivity contribution in [2.45, 2.75) is 20.8 Å². The first kappa shape index (κ1) is 12.1. The van der Waals surface area contributed by atoms with Crippen LogP contribution in [0.2, 0.25) is 5.02 Å². The number of carbonyl (C=O) groups excluding carboxylic acids is 1. The largest absolute Gasteiger partial charge is 0.352 e. The number of rotatable bonds is 3. The highest BCUT2D eigenvalue weighted by molar-refractivity contribution is 6.31. The molecule has 82 valence electrons. The van der Waals surface area contributed by atoms with Crippen LogP contribution in [0.4, 0.5) is 0 Å². The first-order chi connectivity index (χ1) is 7.00. The van der Waals surface area contributed by atoms with Gasteiger partial charge in [0.25, 0.3) is 5.91 Å². The molecule has 0 atom stereocenters. The van der Waals surface area contributed by atoms with Gasteiger partial charge in [-0.1, -0.05) is 31.5 Å². The molecule has 1 amide bonds. The van der Waals surface area contributed by atoms with E-state index in [2.05, 4.69) is 19.2 Å². The highest BCUT2D eigenvalue weighted by Crippen LogP contribution is 2.16. The first-order valence-electron chi connectivity index (χ1n) is 5.05. The highest BCUT2D eigenvalue weighted by atomic mass is 35.5. The van der Waals surface area contributed by atoms with Gasteiger partial charge in [-0.3, -0.25) is 4.79 Å². The van der Waals surface area contributed by atoms with Gasteiger partial charge in [-0.15, -0.1) is 0 Å². The monoisotopic (exact) mass is 225 g/mol. The molecule has 15 heavy (non-hydrogen) atoms. The Labute approximate surface area is 95.6 Å². The van der Waals surface area contributed by atoms with Crippen LogP contribution in [-0.4, -0.2) is 12.5 Å². The molecular formula is C12H16ClNO. The van der Waals surface area contributed by atoms with Crippen LogP contribution in [-0.2, 0) is 0 Å². The lowest BCUT2D eigenvalue weighted by Crippen LogP contribution is -2.27. The molecule has 1 aromatic carbocycles. The standard InChI is InChI=1S/C12H16ClNO/c1-8(2)7-14-12(15)10-5-4-9(3)11(13)6-10/h4-6,8H,7H2,1-3H3,(H,14,15). The Bertz CT molecular complexity index is 361. The Kier molecular flexibility index (Phi) is 4.15. The minimum Gasteiger partial charge on any atom is -0.352 e. The summed E-state index contributed by atoms with van der Waals surface area (Å²) >= 11 is 5.94. The fraction of sp³-hybridized carbons (Fsp3) is 0.417. The summed E-state index contributed by atoms with van der Waals surface area (Å²) in [5.74, 6) is 0.389. The predicted octanol–water partition coefficient (Wildman–Crippen LogP) is 3.03. The van der Waals surface area contributed by atoms with E-state index in [1.807, 2.05) is 13.0 Å². The summed E-state index contributed by atoms with van der Waals surface area (Å²) in [5, 5.41) is 3.48. The van der Waals surface area contributed by atoms with Crippen LogP contribution in [0.5, 0.6) is 0 Å². The van der Waals surface area contributed by atoms with Crippen LogP contribution in [0.25, 0.3) is 0 Å². The van der Waals surface area contributed by atoms with Gasteiger partial charge in [0.15, 0.2) is 0 Å². The van der Waals surface area contributed by atoms with E-state index >= 15 is 0 Å². The molecule has 0 radical (unpaired) electrons. The molecule has 0 bridgehead atoms. The Morgan fingerprint density at radius 2 is 2.13 bits per heavy atom. The number of halogens is 1. The van der Waals surface area contributed by atoms with Crippen molar-refractivity contribution >= 4 is 17.5 Å². The maximum absolute atomic E-state index is 11.6. The van der Waals surface area contributed by atoms with Crippen molar-refractivity contribution in [3.8, 4) is 0 Å². The molecule has 0 spiro atoms. The molecule has 0 aromatic heterocycles. The van der Waals surface area contributed by atoms with Crippen LogP contribution < -0.4 is 5.32 Å². The van der Waals surface area contributed by atoms with Crippen LogP contribution in [0, 0.1) is 12.8 Å². The van der Waals surface area contributed by atoms with Crippen LogP contribution in [0.15, 0.2) is 18.2 Å². The normalized spacial score (nSPS) is 10.5. The van der Waals surface area contributed by atoms with Gasteiger partial charge in [0.1, 0.15) is 0 Å². The molecule has 0 saturated heterocycles. The molecule has 3 heteroatoms. The quantitative estimate of drug-likeness (QED) is 0.842. The highest BCUT2D eigenvalue weighted by Gasteiger charge is 2.07. The zero-order chi connectivity index (χ0) is 11.4. The Hall–Kier alpha value is -1.02. The average Bonchev–Trinajstić information content (AvgIpc) is 2.18. The molecule has 1 N–H and O–H groups in total. The van der Waals surface area contributed by atoms with Crippen molar-refractivity contribution in [3.05, 3.63) is 34.3 Å². The van der Waals surface area contributed by atoms with Crippen LogP contribution in [0.3, 0.4) is 0 Å². The summed E-state index contributed by atoms with van der Waals surface area (Å²) in [5.41, 5.74) is 1.60. The third-order valence-corrected chi connectivity index (χ3v) is 2.51. The molecule has 0 fully saturated rings. The van der Waals surface area contributed by atoms with Gasteiger partial charge in [-0.25, -0.2) is 0 Å². The Balaban J connectivity index is 2.70. The molecule has 0 unspecified atom stereocenters. The number of nitrogens with one attached hydrogen (secondary N) is 1. The average molecular weight is 226 g/mol. The van der Waals surface area contributed by atoms with Gasteiger partial charge in [0.05, 0.1) is 0 Å². The zero-order valence-electron chi connectivity index (χ0n) is 9.30. The predicted molar refractivity (Wildman–Crippen MR) is 63.4 cm³/mol. The molecule has 0 aliphatic rings. The summed E-state index contributed by atoms with van der Waals surface area (Å²) in [6.07, 6.45) is 0. The number of amides is 1. The fourth-order valence-electron chi connectivity index (χ4n) is 1.13. The van der Waals surface area contributed by atoms with E-state index in [4.69, 9.17) is 11.6 Å². The lowest BCUT2D eigenvalue weighted by Gasteiger charge is -2.08. The number of hydrogen-bond donors (Lipinski definition) is 1. The van der Waals surface area contributed by atoms with Crippen molar-refractivity contribution < 1.29 is 4.79 Å². The van der Waals surface area contributed by atoms with Gasteiger partial charge < -0.3 is 5.32 Å². The maximum Gasteiger partial charge on any atom is 0.251 e. The van der Waals surface area contributed by atoms with Gasteiger partial charge in [0.2, 0.25) is 0 Å². The number of hydrogen-bond acceptors (Lipinski definition) is 1. The van der Waals surface area contributed by atoms with Gasteiger partial charge in [-0.2, -0.15) is 0 Å². The minimum atomic E-state index is -0.0643. The zero-order valence-corrected chi connectivity index (χ0v) is 10.1. The van der Waals surface area contributed by atoms with Crippen molar-refractivity contribution in [1.29, 1.82) is 0 Å². The summed E-state index contributed by atoms with van der Waals surface area (Å²) in [6, 6.07) is 5.34. The summed E-state index contributed by atoms with van der Waals surface area (Å²) in [4.78, 5) is 11.6. The summed E-state index contributed by atoms with van der Waals surface area (Å²) in [7, 11) is 0. The molecule has 0 aliphatic heterocycles. The van der Waals surface area contributed by atoms with Gasteiger partial charge in [-0.05, 0) is 30.5 Å². The fourth-order valence-corrected chi connectivity index (χ4v) is 1.31. The second-order valence-electron chi connectivity index (χ2n) is 4.07. The Morgan fingerprint density at radius 3 is 2.67 bits per heavy atom. The second-order valence-corrected chi connectivity index (χ2v) is 4.48. The first-order valence-corrected chi connectivity index (χ1v) is 5.43. The Morgan fingerprint density at radius 1 is 1.47 bits per heavy atom. The van der Waals surface area contributed by atoms with E-state index in [9.17, 15) is 4.79 Å². The van der Waals surface area contributed by atoms with E-state index in [-0.39, 0.29) is 5.91 Å². The van der Waals surface area contributed by atoms with E-state index in [0.29, 0.717) is 23.0 Å².